The summed E-state index contributed by atoms with van der Waals surface area (Å²) >= 11 is 0. The first kappa shape index (κ1) is 11.6. The van der Waals surface area contributed by atoms with Crippen molar-refractivity contribution in [2.45, 2.75) is 18.4 Å². The number of hydrogen-bond acceptors (Lipinski definition) is 2. The number of likely N-dealkylation sites (tertiary alicyclic amines) is 1. The third kappa shape index (κ3) is 2.25. The van der Waals surface area contributed by atoms with Gasteiger partial charge in [-0.2, -0.15) is 0 Å². The summed E-state index contributed by atoms with van der Waals surface area (Å²) in [6.45, 7) is 2.06. The van der Waals surface area contributed by atoms with Crippen LogP contribution in [0.25, 0.3) is 0 Å². The Hall–Kier alpha value is -0.930. The maximum Gasteiger partial charge on any atom is 0.126 e. The van der Waals surface area contributed by atoms with Gasteiger partial charge in [-0.15, -0.1) is 0 Å². The zero-order valence-electron chi connectivity index (χ0n) is 9.96. The Balaban J connectivity index is 2.16. The van der Waals surface area contributed by atoms with Crippen molar-refractivity contribution >= 4 is 0 Å². The first-order valence-electron chi connectivity index (χ1n) is 5.76. The van der Waals surface area contributed by atoms with Crippen LogP contribution in [0.15, 0.2) is 24.3 Å². The Morgan fingerprint density at radius 1 is 1.44 bits per heavy atom. The lowest BCUT2D eigenvalue weighted by molar-refractivity contribution is 0.323. The van der Waals surface area contributed by atoms with E-state index in [1.807, 2.05) is 19.2 Å². The van der Waals surface area contributed by atoms with Gasteiger partial charge in [-0.05, 0) is 45.1 Å². The molecule has 1 aliphatic rings. The molecule has 0 aromatic heterocycles. The topological polar surface area (TPSA) is 15.3 Å². The molecule has 0 spiro atoms. The molecular formula is C13H19FN2. The van der Waals surface area contributed by atoms with Crippen molar-refractivity contribution in [3.05, 3.63) is 35.6 Å². The summed E-state index contributed by atoms with van der Waals surface area (Å²) in [5, 5.41) is 3.38. The molecule has 1 aromatic carbocycles. The van der Waals surface area contributed by atoms with E-state index in [2.05, 4.69) is 17.3 Å². The van der Waals surface area contributed by atoms with E-state index in [0.29, 0.717) is 0 Å². The lowest BCUT2D eigenvalue weighted by Gasteiger charge is -2.29. The van der Waals surface area contributed by atoms with Gasteiger partial charge < -0.3 is 10.2 Å². The highest BCUT2D eigenvalue weighted by Crippen LogP contribution is 2.25. The predicted octanol–water partition coefficient (Wildman–Crippen LogP) is 1.66. The van der Waals surface area contributed by atoms with Crippen molar-refractivity contribution in [2.75, 3.05) is 27.2 Å². The van der Waals surface area contributed by atoms with Gasteiger partial charge in [0, 0.05) is 12.1 Å². The standard InChI is InChI=1S/C13H19FN2/c1-15-13(7-8-16(2)10-13)9-11-5-3-4-6-12(11)14/h3-6,15H,7-10H2,1-2H3. The van der Waals surface area contributed by atoms with E-state index < -0.39 is 0 Å². The van der Waals surface area contributed by atoms with Crippen molar-refractivity contribution in [2.24, 2.45) is 0 Å². The lowest BCUT2D eigenvalue weighted by atomic mass is 9.90. The monoisotopic (exact) mass is 222 g/mol. The minimum absolute atomic E-state index is 0.0386. The van der Waals surface area contributed by atoms with Crippen LogP contribution in [0, 0.1) is 5.82 Å². The van der Waals surface area contributed by atoms with Crippen molar-refractivity contribution in [1.29, 1.82) is 0 Å². The molecule has 0 amide bonds. The number of halogens is 1. The van der Waals surface area contributed by atoms with Crippen LogP contribution in [0.3, 0.4) is 0 Å². The van der Waals surface area contributed by atoms with Crippen LogP contribution in [0.2, 0.25) is 0 Å². The van der Waals surface area contributed by atoms with E-state index in [9.17, 15) is 4.39 Å². The first-order chi connectivity index (χ1) is 7.65. The Bertz CT molecular complexity index is 367. The second-order valence-corrected chi connectivity index (χ2v) is 4.79. The molecule has 16 heavy (non-hydrogen) atoms. The van der Waals surface area contributed by atoms with Gasteiger partial charge >= 0.3 is 0 Å². The molecule has 0 bridgehead atoms. The van der Waals surface area contributed by atoms with Crippen molar-refractivity contribution in [3.8, 4) is 0 Å². The van der Waals surface area contributed by atoms with Crippen LogP contribution >= 0.6 is 0 Å². The van der Waals surface area contributed by atoms with E-state index in [0.717, 1.165) is 31.5 Å². The zero-order valence-corrected chi connectivity index (χ0v) is 9.96. The Morgan fingerprint density at radius 3 is 2.75 bits per heavy atom. The molecule has 0 radical (unpaired) electrons. The normalized spacial score (nSPS) is 26.2. The smallest absolute Gasteiger partial charge is 0.126 e. The quantitative estimate of drug-likeness (QED) is 0.836. The molecule has 0 saturated carbocycles. The van der Waals surface area contributed by atoms with Gasteiger partial charge in [-0.1, -0.05) is 18.2 Å². The molecule has 1 aliphatic heterocycles. The largest absolute Gasteiger partial charge is 0.313 e. The molecule has 0 aliphatic carbocycles. The minimum atomic E-state index is -0.0910. The second kappa shape index (κ2) is 4.52. The van der Waals surface area contributed by atoms with E-state index in [-0.39, 0.29) is 11.4 Å². The van der Waals surface area contributed by atoms with Crippen molar-refractivity contribution in [3.63, 3.8) is 0 Å². The molecule has 1 unspecified atom stereocenters. The highest BCUT2D eigenvalue weighted by Gasteiger charge is 2.35. The molecule has 1 atom stereocenters. The molecule has 1 heterocycles. The summed E-state index contributed by atoms with van der Waals surface area (Å²) in [5.74, 6) is -0.0910. The van der Waals surface area contributed by atoms with Crippen LogP contribution in [0.5, 0.6) is 0 Å². The number of nitrogens with one attached hydrogen (secondary N) is 1. The third-order valence-electron chi connectivity index (χ3n) is 3.56. The average molecular weight is 222 g/mol. The zero-order chi connectivity index (χ0) is 11.6. The van der Waals surface area contributed by atoms with Crippen molar-refractivity contribution < 1.29 is 4.39 Å². The molecule has 1 aromatic rings. The number of likely N-dealkylation sites (N-methyl/N-ethyl adjacent to an activating group) is 2. The number of benzene rings is 1. The Morgan fingerprint density at radius 2 is 2.19 bits per heavy atom. The highest BCUT2D eigenvalue weighted by atomic mass is 19.1. The molecule has 1 fully saturated rings. The summed E-state index contributed by atoms with van der Waals surface area (Å²) in [7, 11) is 4.08. The van der Waals surface area contributed by atoms with Crippen molar-refractivity contribution in [1.82, 2.24) is 10.2 Å². The molecule has 1 N–H and O–H groups in total. The van der Waals surface area contributed by atoms with Crippen LogP contribution in [0.1, 0.15) is 12.0 Å². The maximum absolute atomic E-state index is 13.6. The van der Waals surface area contributed by atoms with Gasteiger partial charge in [-0.3, -0.25) is 0 Å². The SMILES string of the molecule is CNC1(Cc2ccccc2F)CCN(C)C1. The summed E-state index contributed by atoms with van der Waals surface area (Å²) in [6.07, 6.45) is 1.84. The molecule has 2 nitrogen and oxygen atoms in total. The van der Waals surface area contributed by atoms with Gasteiger partial charge in [-0.25, -0.2) is 4.39 Å². The average Bonchev–Trinajstić information content (AvgIpc) is 2.65. The van der Waals surface area contributed by atoms with Gasteiger partial charge in [0.2, 0.25) is 0 Å². The fourth-order valence-electron chi connectivity index (χ4n) is 2.52. The fraction of sp³-hybridized carbons (Fsp3) is 0.538. The molecular weight excluding hydrogens is 203 g/mol. The van der Waals surface area contributed by atoms with E-state index in [1.165, 1.54) is 6.07 Å². The second-order valence-electron chi connectivity index (χ2n) is 4.79. The Labute approximate surface area is 96.5 Å². The van der Waals surface area contributed by atoms with Crippen LogP contribution in [-0.2, 0) is 6.42 Å². The molecule has 88 valence electrons. The van der Waals surface area contributed by atoms with E-state index in [4.69, 9.17) is 0 Å². The fourth-order valence-corrected chi connectivity index (χ4v) is 2.52. The van der Waals surface area contributed by atoms with Crippen LogP contribution < -0.4 is 5.32 Å². The Kier molecular flexibility index (Phi) is 3.26. The van der Waals surface area contributed by atoms with Crippen LogP contribution in [0.4, 0.5) is 4.39 Å². The van der Waals surface area contributed by atoms with Gasteiger partial charge in [0.15, 0.2) is 0 Å². The molecule has 3 heteroatoms. The van der Waals surface area contributed by atoms with Crippen LogP contribution in [-0.4, -0.2) is 37.6 Å². The number of nitrogens with zero attached hydrogens (tertiary/aromatic N) is 1. The number of rotatable bonds is 3. The summed E-state index contributed by atoms with van der Waals surface area (Å²) in [6, 6.07) is 7.07. The van der Waals surface area contributed by atoms with Gasteiger partial charge in [0.25, 0.3) is 0 Å². The summed E-state index contributed by atoms with van der Waals surface area (Å²) < 4.78 is 13.6. The lowest BCUT2D eigenvalue weighted by Crippen LogP contribution is -2.47. The molecule has 1 saturated heterocycles. The first-order valence-corrected chi connectivity index (χ1v) is 5.76. The van der Waals surface area contributed by atoms with Gasteiger partial charge in [0.1, 0.15) is 5.82 Å². The maximum atomic E-state index is 13.6. The minimum Gasteiger partial charge on any atom is -0.313 e. The van der Waals surface area contributed by atoms with E-state index >= 15 is 0 Å². The number of hydrogen-bond donors (Lipinski definition) is 1. The summed E-state index contributed by atoms with van der Waals surface area (Å²) in [4.78, 5) is 2.29. The molecule has 2 rings (SSSR count). The predicted molar refractivity (Wildman–Crippen MR) is 64.0 cm³/mol. The highest BCUT2D eigenvalue weighted by molar-refractivity contribution is 5.21. The summed E-state index contributed by atoms with van der Waals surface area (Å²) in [5.41, 5.74) is 0.851. The van der Waals surface area contributed by atoms with Gasteiger partial charge in [0.05, 0.1) is 0 Å². The third-order valence-corrected chi connectivity index (χ3v) is 3.56. The van der Waals surface area contributed by atoms with E-state index in [1.54, 1.807) is 6.07 Å².